The van der Waals surface area contributed by atoms with Crippen molar-refractivity contribution < 1.29 is 14.9 Å². The molecule has 0 radical (unpaired) electrons. The van der Waals surface area contributed by atoms with Crippen molar-refractivity contribution in [2.24, 2.45) is 0 Å². The smallest absolute Gasteiger partial charge is 0.200 e. The first-order valence-electron chi connectivity index (χ1n) is 5.28. The van der Waals surface area contributed by atoms with Crippen LogP contribution < -0.4 is 4.74 Å². The van der Waals surface area contributed by atoms with Crippen LogP contribution in [-0.4, -0.2) is 17.3 Å². The third kappa shape index (κ3) is 2.78. The van der Waals surface area contributed by atoms with E-state index in [0.717, 1.165) is 31.2 Å². The summed E-state index contributed by atoms with van der Waals surface area (Å²) in [5, 5.41) is 18.9. The van der Waals surface area contributed by atoms with Crippen LogP contribution >= 0.6 is 0 Å². The lowest BCUT2D eigenvalue weighted by Gasteiger charge is -2.10. The third-order valence-corrected chi connectivity index (χ3v) is 2.45. The molecule has 0 aromatic heterocycles. The fraction of sp³-hybridized carbons (Fsp3) is 0.500. The molecule has 3 heteroatoms. The number of rotatable bonds is 5. The molecule has 84 valence electrons. The lowest BCUT2D eigenvalue weighted by molar-refractivity contribution is 0.347. The van der Waals surface area contributed by atoms with E-state index in [-0.39, 0.29) is 11.5 Å². The van der Waals surface area contributed by atoms with Crippen molar-refractivity contribution in [2.45, 2.75) is 32.6 Å². The molecule has 15 heavy (non-hydrogen) atoms. The van der Waals surface area contributed by atoms with Crippen molar-refractivity contribution in [1.82, 2.24) is 0 Å². The van der Waals surface area contributed by atoms with Crippen LogP contribution in [0.5, 0.6) is 17.2 Å². The van der Waals surface area contributed by atoms with Crippen molar-refractivity contribution in [3.8, 4) is 17.2 Å². The highest BCUT2D eigenvalue weighted by atomic mass is 16.5. The number of aryl methyl sites for hydroxylation is 1. The molecule has 0 atom stereocenters. The monoisotopic (exact) mass is 210 g/mol. The minimum Gasteiger partial charge on any atom is -0.504 e. The Hall–Kier alpha value is -1.38. The van der Waals surface area contributed by atoms with E-state index in [2.05, 4.69) is 6.92 Å². The minimum atomic E-state index is -0.161. The molecule has 2 N–H and O–H groups in total. The van der Waals surface area contributed by atoms with Gasteiger partial charge in [0, 0.05) is 0 Å². The molecule has 0 spiro atoms. The Bertz CT molecular complexity index is 321. The maximum atomic E-state index is 9.56. The van der Waals surface area contributed by atoms with E-state index in [4.69, 9.17) is 4.74 Å². The fourth-order valence-electron chi connectivity index (χ4n) is 1.59. The van der Waals surface area contributed by atoms with Gasteiger partial charge in [0.2, 0.25) is 5.75 Å². The van der Waals surface area contributed by atoms with E-state index in [1.54, 1.807) is 6.07 Å². The van der Waals surface area contributed by atoms with Crippen molar-refractivity contribution in [2.75, 3.05) is 7.11 Å². The normalized spacial score (nSPS) is 10.3. The summed E-state index contributed by atoms with van der Waals surface area (Å²) in [6.45, 7) is 2.14. The minimum absolute atomic E-state index is 0.133. The molecule has 1 aromatic rings. The van der Waals surface area contributed by atoms with Gasteiger partial charge in [-0.2, -0.15) is 0 Å². The molecule has 3 nitrogen and oxygen atoms in total. The standard InChI is InChI=1S/C12H18O3/c1-3-4-5-6-9-7-8-10(13)11(14)12(9)15-2/h7-8,13-14H,3-6H2,1-2H3. The SMILES string of the molecule is CCCCCc1ccc(O)c(O)c1OC. The molecule has 0 amide bonds. The van der Waals surface area contributed by atoms with Gasteiger partial charge in [-0.1, -0.05) is 25.8 Å². The maximum absolute atomic E-state index is 9.56. The molecule has 1 aromatic carbocycles. The van der Waals surface area contributed by atoms with Crippen LogP contribution in [0.15, 0.2) is 12.1 Å². The molecule has 0 heterocycles. The molecule has 0 unspecified atom stereocenters. The number of aromatic hydroxyl groups is 2. The van der Waals surface area contributed by atoms with E-state index < -0.39 is 0 Å². The van der Waals surface area contributed by atoms with Gasteiger partial charge in [0.25, 0.3) is 0 Å². The second kappa shape index (κ2) is 5.49. The largest absolute Gasteiger partial charge is 0.504 e. The zero-order valence-electron chi connectivity index (χ0n) is 9.29. The van der Waals surface area contributed by atoms with Gasteiger partial charge < -0.3 is 14.9 Å². The number of methoxy groups -OCH3 is 1. The summed E-state index contributed by atoms with van der Waals surface area (Å²) in [5.74, 6) is 0.101. The average Bonchev–Trinajstić information content (AvgIpc) is 2.24. The van der Waals surface area contributed by atoms with Gasteiger partial charge in [-0.05, 0) is 24.5 Å². The van der Waals surface area contributed by atoms with Gasteiger partial charge in [-0.3, -0.25) is 0 Å². The van der Waals surface area contributed by atoms with E-state index >= 15 is 0 Å². The summed E-state index contributed by atoms with van der Waals surface area (Å²) < 4.78 is 5.08. The summed E-state index contributed by atoms with van der Waals surface area (Å²) >= 11 is 0. The number of hydrogen-bond acceptors (Lipinski definition) is 3. The van der Waals surface area contributed by atoms with Gasteiger partial charge in [-0.25, -0.2) is 0 Å². The van der Waals surface area contributed by atoms with Gasteiger partial charge in [0.1, 0.15) is 0 Å². The topological polar surface area (TPSA) is 49.7 Å². The van der Waals surface area contributed by atoms with Crippen LogP contribution in [0.2, 0.25) is 0 Å². The van der Waals surface area contributed by atoms with Gasteiger partial charge >= 0.3 is 0 Å². The van der Waals surface area contributed by atoms with Crippen LogP contribution in [0.25, 0.3) is 0 Å². The highest BCUT2D eigenvalue weighted by Gasteiger charge is 2.11. The predicted octanol–water partition coefficient (Wildman–Crippen LogP) is 2.84. The first kappa shape index (κ1) is 11.7. The molecule has 0 saturated heterocycles. The number of benzene rings is 1. The Morgan fingerprint density at radius 3 is 2.53 bits per heavy atom. The highest BCUT2D eigenvalue weighted by molar-refractivity contribution is 5.54. The van der Waals surface area contributed by atoms with E-state index in [1.165, 1.54) is 13.2 Å². The molecule has 0 bridgehead atoms. The third-order valence-electron chi connectivity index (χ3n) is 2.45. The van der Waals surface area contributed by atoms with Crippen LogP contribution in [-0.2, 0) is 6.42 Å². The lowest BCUT2D eigenvalue weighted by Crippen LogP contribution is -1.93. The summed E-state index contributed by atoms with van der Waals surface area (Å²) in [5.41, 5.74) is 0.946. The molecule has 0 fully saturated rings. The summed E-state index contributed by atoms with van der Waals surface area (Å²) in [4.78, 5) is 0. The molecule has 0 aliphatic heterocycles. The number of phenolic OH excluding ortho intramolecular Hbond substituents is 2. The van der Waals surface area contributed by atoms with Crippen LogP contribution in [0.4, 0.5) is 0 Å². The Kier molecular flexibility index (Phi) is 4.28. The van der Waals surface area contributed by atoms with Gasteiger partial charge in [0.15, 0.2) is 11.5 Å². The van der Waals surface area contributed by atoms with Crippen LogP contribution in [0, 0.1) is 0 Å². The zero-order chi connectivity index (χ0) is 11.3. The Balaban J connectivity index is 2.83. The fourth-order valence-corrected chi connectivity index (χ4v) is 1.59. The summed E-state index contributed by atoms with van der Waals surface area (Å²) in [7, 11) is 1.50. The number of unbranched alkanes of at least 4 members (excludes halogenated alkanes) is 2. The number of ether oxygens (including phenoxy) is 1. The van der Waals surface area contributed by atoms with Crippen molar-refractivity contribution >= 4 is 0 Å². The highest BCUT2D eigenvalue weighted by Crippen LogP contribution is 2.38. The van der Waals surface area contributed by atoms with E-state index in [1.807, 2.05) is 0 Å². The van der Waals surface area contributed by atoms with E-state index in [9.17, 15) is 10.2 Å². The summed E-state index contributed by atoms with van der Waals surface area (Å²) in [6, 6.07) is 3.29. The van der Waals surface area contributed by atoms with Crippen LogP contribution in [0.1, 0.15) is 31.7 Å². The molecular weight excluding hydrogens is 192 g/mol. The second-order valence-corrected chi connectivity index (χ2v) is 3.58. The number of phenols is 2. The molecule has 0 aliphatic carbocycles. The van der Waals surface area contributed by atoms with Gasteiger partial charge in [0.05, 0.1) is 7.11 Å². The van der Waals surface area contributed by atoms with Crippen LogP contribution in [0.3, 0.4) is 0 Å². The molecule has 0 saturated carbocycles. The van der Waals surface area contributed by atoms with E-state index in [0.29, 0.717) is 5.75 Å². The van der Waals surface area contributed by atoms with Gasteiger partial charge in [-0.15, -0.1) is 0 Å². The first-order valence-corrected chi connectivity index (χ1v) is 5.28. The average molecular weight is 210 g/mol. The summed E-state index contributed by atoms with van der Waals surface area (Å²) in [6.07, 6.45) is 4.25. The Morgan fingerprint density at radius 2 is 1.93 bits per heavy atom. The lowest BCUT2D eigenvalue weighted by atomic mass is 10.1. The van der Waals surface area contributed by atoms with Crippen molar-refractivity contribution in [1.29, 1.82) is 0 Å². The Morgan fingerprint density at radius 1 is 1.20 bits per heavy atom. The molecular formula is C12H18O3. The maximum Gasteiger partial charge on any atom is 0.200 e. The zero-order valence-corrected chi connectivity index (χ0v) is 9.29. The molecule has 1 rings (SSSR count). The van der Waals surface area contributed by atoms with Crippen molar-refractivity contribution in [3.05, 3.63) is 17.7 Å². The second-order valence-electron chi connectivity index (χ2n) is 3.58. The quantitative estimate of drug-likeness (QED) is 0.580. The number of hydrogen-bond donors (Lipinski definition) is 2. The molecule has 0 aliphatic rings. The predicted molar refractivity (Wildman–Crippen MR) is 59.6 cm³/mol. The Labute approximate surface area is 90.3 Å². The van der Waals surface area contributed by atoms with Crippen molar-refractivity contribution in [3.63, 3.8) is 0 Å². The first-order chi connectivity index (χ1) is 7.20.